The number of aliphatic carboxylic acids is 2. The van der Waals surface area contributed by atoms with E-state index in [1.165, 1.54) is 24.3 Å². The number of carboxylic acid groups (broad SMARTS) is 2. The highest BCUT2D eigenvalue weighted by molar-refractivity contribution is 6.45. The van der Waals surface area contributed by atoms with Crippen molar-refractivity contribution in [3.05, 3.63) is 29.8 Å². The first-order valence-corrected chi connectivity index (χ1v) is 7.18. The van der Waals surface area contributed by atoms with Gasteiger partial charge in [0.15, 0.2) is 5.84 Å². The van der Waals surface area contributed by atoms with Crippen LogP contribution >= 0.6 is 0 Å². The number of benzene rings is 1. The number of anilines is 1. The van der Waals surface area contributed by atoms with Crippen molar-refractivity contribution in [2.45, 2.75) is 18.9 Å². The summed E-state index contributed by atoms with van der Waals surface area (Å²) in [5.74, 6) is -3.68. The van der Waals surface area contributed by atoms with Crippen molar-refractivity contribution >= 4 is 35.1 Å². The summed E-state index contributed by atoms with van der Waals surface area (Å²) in [6.45, 7) is 0. The van der Waals surface area contributed by atoms with Crippen molar-refractivity contribution in [1.82, 2.24) is 5.32 Å². The summed E-state index contributed by atoms with van der Waals surface area (Å²) in [4.78, 5) is 33.7. The first kappa shape index (κ1) is 20.1. The molecule has 0 radical (unpaired) electrons. The highest BCUT2D eigenvalue weighted by atomic mass is 16.4. The first-order chi connectivity index (χ1) is 12.2. The van der Waals surface area contributed by atoms with Crippen LogP contribution in [-0.4, -0.2) is 45.6 Å². The first-order valence-electron chi connectivity index (χ1n) is 7.18. The SMILES string of the molecule is N#C/C(=N\Nc1ccc(C(=O)NC(CCC(=O)O)C(=O)O)cc1)C(=N)N. The molecule has 0 heterocycles. The van der Waals surface area contributed by atoms with Crippen molar-refractivity contribution in [2.75, 3.05) is 5.43 Å². The average molecular weight is 360 g/mol. The van der Waals surface area contributed by atoms with Crippen LogP contribution < -0.4 is 16.5 Å². The second-order valence-corrected chi connectivity index (χ2v) is 4.97. The van der Waals surface area contributed by atoms with Crippen molar-refractivity contribution < 1.29 is 24.6 Å². The van der Waals surface area contributed by atoms with Gasteiger partial charge in [0.25, 0.3) is 5.91 Å². The van der Waals surface area contributed by atoms with Crippen LogP contribution in [0.5, 0.6) is 0 Å². The number of nitrogens with one attached hydrogen (secondary N) is 3. The lowest BCUT2D eigenvalue weighted by Gasteiger charge is -2.13. The predicted octanol–water partition coefficient (Wildman–Crippen LogP) is -0.0382. The number of nitrogens with two attached hydrogens (primary N) is 1. The number of carbonyl (C=O) groups is 3. The van der Waals surface area contributed by atoms with Crippen LogP contribution in [0, 0.1) is 16.7 Å². The zero-order valence-electron chi connectivity index (χ0n) is 13.4. The predicted molar refractivity (Wildman–Crippen MR) is 90.8 cm³/mol. The number of carboxylic acids is 2. The molecule has 0 spiro atoms. The van der Waals surface area contributed by atoms with Crippen molar-refractivity contribution in [1.29, 1.82) is 10.7 Å². The maximum absolute atomic E-state index is 12.1. The number of hydrogen-bond acceptors (Lipinski definition) is 7. The number of hydrazone groups is 1. The van der Waals surface area contributed by atoms with E-state index in [1.54, 1.807) is 6.07 Å². The molecule has 1 aromatic rings. The molecular weight excluding hydrogens is 344 g/mol. The van der Waals surface area contributed by atoms with Crippen molar-refractivity contribution in [2.24, 2.45) is 10.8 Å². The standard InChI is InChI=1S/C15H16N6O5/c16-7-11(13(17)18)21-20-9-3-1-8(2-4-9)14(24)19-10(15(25)26)5-6-12(22)23/h1-4,10,20H,5-6H2,(H3,17,18)(H,19,24)(H,22,23)(H,25,26)/b21-11+. The van der Waals surface area contributed by atoms with Gasteiger partial charge >= 0.3 is 11.9 Å². The Bertz CT molecular complexity index is 781. The van der Waals surface area contributed by atoms with Crippen LogP contribution in [0.1, 0.15) is 23.2 Å². The Morgan fingerprint density at radius 3 is 2.35 bits per heavy atom. The summed E-state index contributed by atoms with van der Waals surface area (Å²) in [5.41, 5.74) is 7.87. The fourth-order valence-electron chi connectivity index (χ4n) is 1.73. The third-order valence-electron chi connectivity index (χ3n) is 3.06. The van der Waals surface area contributed by atoms with Crippen molar-refractivity contribution in [3.63, 3.8) is 0 Å². The molecule has 136 valence electrons. The van der Waals surface area contributed by atoms with E-state index in [0.717, 1.165) is 0 Å². The number of rotatable bonds is 9. The van der Waals surface area contributed by atoms with Crippen LogP contribution in [-0.2, 0) is 9.59 Å². The number of hydrogen-bond donors (Lipinski definition) is 6. The minimum absolute atomic E-state index is 0.146. The minimum Gasteiger partial charge on any atom is -0.481 e. The van der Waals surface area contributed by atoms with Crippen LogP contribution in [0.3, 0.4) is 0 Å². The second kappa shape index (κ2) is 9.38. The third-order valence-corrected chi connectivity index (χ3v) is 3.06. The van der Waals surface area contributed by atoms with Gasteiger partial charge in [-0.25, -0.2) is 4.79 Å². The fraction of sp³-hybridized carbons (Fsp3) is 0.200. The molecule has 0 aliphatic rings. The smallest absolute Gasteiger partial charge is 0.326 e. The summed E-state index contributed by atoms with van der Waals surface area (Å²) >= 11 is 0. The lowest BCUT2D eigenvalue weighted by Crippen LogP contribution is -2.41. The van der Waals surface area contributed by atoms with Gasteiger partial charge in [-0.05, 0) is 30.7 Å². The minimum atomic E-state index is -1.33. The van der Waals surface area contributed by atoms with E-state index >= 15 is 0 Å². The molecule has 1 unspecified atom stereocenters. The molecule has 1 amide bonds. The number of nitriles is 1. The molecule has 11 heteroatoms. The van der Waals surface area contributed by atoms with Gasteiger partial charge in [-0.15, -0.1) is 0 Å². The van der Waals surface area contributed by atoms with Gasteiger partial charge in [0.2, 0.25) is 5.71 Å². The Morgan fingerprint density at radius 1 is 1.27 bits per heavy atom. The van der Waals surface area contributed by atoms with E-state index in [9.17, 15) is 14.4 Å². The number of amidine groups is 1. The zero-order valence-corrected chi connectivity index (χ0v) is 13.4. The van der Waals surface area contributed by atoms with E-state index in [1.807, 2.05) is 0 Å². The molecule has 0 saturated heterocycles. The topological polar surface area (TPSA) is 202 Å². The number of nitrogens with zero attached hydrogens (tertiary/aromatic N) is 2. The molecule has 11 nitrogen and oxygen atoms in total. The maximum atomic E-state index is 12.1. The maximum Gasteiger partial charge on any atom is 0.326 e. The molecule has 0 bridgehead atoms. The molecule has 1 rings (SSSR count). The summed E-state index contributed by atoms with van der Waals surface area (Å²) in [6.07, 6.45) is -0.637. The quantitative estimate of drug-likeness (QED) is 0.200. The second-order valence-electron chi connectivity index (χ2n) is 4.97. The van der Waals surface area contributed by atoms with Crippen LogP contribution in [0.15, 0.2) is 29.4 Å². The van der Waals surface area contributed by atoms with Gasteiger partial charge in [0, 0.05) is 12.0 Å². The Balaban J connectivity index is 2.76. The van der Waals surface area contributed by atoms with Crippen LogP contribution in [0.2, 0.25) is 0 Å². The third kappa shape index (κ3) is 6.28. The van der Waals surface area contributed by atoms with Crippen LogP contribution in [0.4, 0.5) is 5.69 Å². The molecular formula is C15H16N6O5. The van der Waals surface area contributed by atoms with E-state index < -0.39 is 36.1 Å². The van der Waals surface area contributed by atoms with Crippen LogP contribution in [0.25, 0.3) is 0 Å². The monoisotopic (exact) mass is 360 g/mol. The molecule has 7 N–H and O–H groups in total. The zero-order chi connectivity index (χ0) is 19.7. The van der Waals surface area contributed by atoms with E-state index in [-0.39, 0.29) is 17.7 Å². The van der Waals surface area contributed by atoms with E-state index in [0.29, 0.717) is 5.69 Å². The molecule has 0 fully saturated rings. The molecule has 1 aromatic carbocycles. The summed E-state index contributed by atoms with van der Waals surface area (Å²) in [7, 11) is 0. The highest BCUT2D eigenvalue weighted by Gasteiger charge is 2.21. The van der Waals surface area contributed by atoms with Crippen molar-refractivity contribution in [3.8, 4) is 6.07 Å². The Kier molecular flexibility index (Phi) is 7.25. The van der Waals surface area contributed by atoms with E-state index in [4.69, 9.17) is 26.6 Å². The average Bonchev–Trinajstić information content (AvgIpc) is 2.58. The van der Waals surface area contributed by atoms with Gasteiger partial charge in [-0.1, -0.05) is 0 Å². The fourth-order valence-corrected chi connectivity index (χ4v) is 1.73. The number of amides is 1. The lowest BCUT2D eigenvalue weighted by molar-refractivity contribution is -0.140. The Hall–Kier alpha value is -3.94. The molecule has 0 aliphatic carbocycles. The molecule has 1 atom stereocenters. The molecule has 26 heavy (non-hydrogen) atoms. The van der Waals surface area contributed by atoms with Gasteiger partial charge in [0.1, 0.15) is 12.1 Å². The summed E-state index contributed by atoms with van der Waals surface area (Å²) in [6, 6.07) is 5.95. The Morgan fingerprint density at radius 2 is 1.88 bits per heavy atom. The van der Waals surface area contributed by atoms with Gasteiger partial charge < -0.3 is 21.3 Å². The van der Waals surface area contributed by atoms with Gasteiger partial charge in [-0.3, -0.25) is 20.4 Å². The largest absolute Gasteiger partial charge is 0.481 e. The normalized spacial score (nSPS) is 11.7. The van der Waals surface area contributed by atoms with E-state index in [2.05, 4.69) is 15.8 Å². The molecule has 0 aromatic heterocycles. The highest BCUT2D eigenvalue weighted by Crippen LogP contribution is 2.10. The molecule has 0 saturated carbocycles. The van der Waals surface area contributed by atoms with Gasteiger partial charge in [-0.2, -0.15) is 10.4 Å². The molecule has 0 aliphatic heterocycles. The lowest BCUT2D eigenvalue weighted by atomic mass is 10.1. The van der Waals surface area contributed by atoms with Gasteiger partial charge in [0.05, 0.1) is 5.69 Å². The Labute approximate surface area is 147 Å². The summed E-state index contributed by atoms with van der Waals surface area (Å²) in [5, 5.41) is 39.3. The summed E-state index contributed by atoms with van der Waals surface area (Å²) < 4.78 is 0. The number of carbonyl (C=O) groups excluding carboxylic acids is 1.